The van der Waals surface area contributed by atoms with Gasteiger partial charge in [-0.2, -0.15) is 18.3 Å². The van der Waals surface area contributed by atoms with E-state index in [1.807, 2.05) is 36.0 Å². The van der Waals surface area contributed by atoms with Gasteiger partial charge >= 0.3 is 12.1 Å². The van der Waals surface area contributed by atoms with Gasteiger partial charge < -0.3 is 5.11 Å². The molecule has 0 aliphatic carbocycles. The predicted molar refractivity (Wildman–Crippen MR) is 125 cm³/mol. The minimum Gasteiger partial charge on any atom is -0.478 e. The molecule has 0 fully saturated rings. The third-order valence-electron chi connectivity index (χ3n) is 4.97. The van der Waals surface area contributed by atoms with Gasteiger partial charge in [-0.3, -0.25) is 8.99 Å². The Morgan fingerprint density at radius 2 is 1.91 bits per heavy atom. The van der Waals surface area contributed by atoms with Crippen LogP contribution in [0.1, 0.15) is 28.4 Å². The van der Waals surface area contributed by atoms with Gasteiger partial charge in [-0.15, -0.1) is 0 Å². The third kappa shape index (κ3) is 5.28. The van der Waals surface area contributed by atoms with Gasteiger partial charge in [-0.25, -0.2) is 9.78 Å². The minimum absolute atomic E-state index is 0.125. The lowest BCUT2D eigenvalue weighted by atomic mass is 10.1. The molecule has 0 amide bonds. The number of halogens is 4. The summed E-state index contributed by atoms with van der Waals surface area (Å²) in [7, 11) is 0. The van der Waals surface area contributed by atoms with E-state index in [-0.39, 0.29) is 22.9 Å². The van der Waals surface area contributed by atoms with Crippen LogP contribution in [0.2, 0.25) is 5.02 Å². The fourth-order valence-corrected chi connectivity index (χ4v) is 4.53. The summed E-state index contributed by atoms with van der Waals surface area (Å²) in [5.74, 6) is -0.895. The van der Waals surface area contributed by atoms with Crippen molar-refractivity contribution in [2.45, 2.75) is 31.1 Å². The van der Waals surface area contributed by atoms with E-state index < -0.39 is 17.7 Å². The average molecular weight is 507 g/mol. The lowest BCUT2D eigenvalue weighted by molar-refractivity contribution is -0.137. The number of fused-ring (bicyclic) bond motifs is 1. The van der Waals surface area contributed by atoms with Crippen molar-refractivity contribution in [2.24, 2.45) is 0 Å². The van der Waals surface area contributed by atoms with E-state index in [9.17, 15) is 18.0 Å². The Balaban J connectivity index is 1.69. The molecule has 1 N–H and O–H groups in total. The number of anilines is 1. The molecule has 2 aromatic carbocycles. The molecule has 0 saturated heterocycles. The van der Waals surface area contributed by atoms with Crippen LogP contribution in [0, 0.1) is 0 Å². The number of rotatable bonds is 7. The summed E-state index contributed by atoms with van der Waals surface area (Å²) in [5, 5.41) is 14.4. The van der Waals surface area contributed by atoms with Crippen LogP contribution in [0.15, 0.2) is 65.8 Å². The molecule has 2 heterocycles. The van der Waals surface area contributed by atoms with E-state index >= 15 is 0 Å². The van der Waals surface area contributed by atoms with Gasteiger partial charge in [-0.1, -0.05) is 17.7 Å². The molecule has 0 spiro atoms. The van der Waals surface area contributed by atoms with Gasteiger partial charge in [-0.05, 0) is 66.9 Å². The maximum atomic E-state index is 13.1. The second-order valence-electron chi connectivity index (χ2n) is 7.36. The van der Waals surface area contributed by atoms with Crippen LogP contribution in [0.25, 0.3) is 10.9 Å². The molecule has 176 valence electrons. The summed E-state index contributed by atoms with van der Waals surface area (Å²) in [4.78, 5) is 15.8. The third-order valence-corrected chi connectivity index (χ3v) is 6.25. The van der Waals surface area contributed by atoms with Crippen molar-refractivity contribution in [2.75, 3.05) is 4.31 Å². The number of carboxylic acid groups (broad SMARTS) is 1. The summed E-state index contributed by atoms with van der Waals surface area (Å²) < 4.78 is 42.8. The highest BCUT2D eigenvalue weighted by Crippen LogP contribution is 2.38. The van der Waals surface area contributed by atoms with Crippen LogP contribution in [0.5, 0.6) is 0 Å². The average Bonchev–Trinajstić information content (AvgIpc) is 3.21. The number of alkyl halides is 3. The Morgan fingerprint density at radius 3 is 2.53 bits per heavy atom. The fraction of sp³-hybridized carbons (Fsp3) is 0.174. The van der Waals surface area contributed by atoms with Gasteiger partial charge in [0.1, 0.15) is 0 Å². The number of carbonyl (C=O) groups is 1. The molecule has 0 bridgehead atoms. The monoisotopic (exact) mass is 506 g/mol. The van der Waals surface area contributed by atoms with Crippen molar-refractivity contribution in [1.29, 1.82) is 0 Å². The fourth-order valence-electron chi connectivity index (χ4n) is 3.26. The van der Waals surface area contributed by atoms with Crippen molar-refractivity contribution in [3.8, 4) is 0 Å². The Hall–Kier alpha value is -3.24. The topological polar surface area (TPSA) is 71.2 Å². The Morgan fingerprint density at radius 1 is 1.18 bits per heavy atom. The van der Waals surface area contributed by atoms with Crippen molar-refractivity contribution in [3.63, 3.8) is 0 Å². The number of hydrogen-bond donors (Lipinski definition) is 1. The maximum absolute atomic E-state index is 13.1. The van der Waals surface area contributed by atoms with Crippen LogP contribution in [-0.4, -0.2) is 25.8 Å². The van der Waals surface area contributed by atoms with Crippen LogP contribution < -0.4 is 4.31 Å². The van der Waals surface area contributed by atoms with E-state index in [1.165, 1.54) is 24.1 Å². The Labute approximate surface area is 202 Å². The van der Waals surface area contributed by atoms with Crippen molar-refractivity contribution < 1.29 is 23.1 Å². The molecule has 4 rings (SSSR count). The summed E-state index contributed by atoms with van der Waals surface area (Å²) in [6.07, 6.45) is -1.90. The van der Waals surface area contributed by atoms with Crippen LogP contribution >= 0.6 is 23.5 Å². The number of pyridine rings is 1. The number of benzene rings is 2. The van der Waals surface area contributed by atoms with E-state index in [0.717, 1.165) is 35.3 Å². The SMILES string of the molecule is CCn1cc2cc(CN(Sc3ccc(C(=O)O)cc3)c3ncc(C(F)(F)F)cc3Cl)ccc2n1. The van der Waals surface area contributed by atoms with E-state index in [0.29, 0.717) is 4.90 Å². The summed E-state index contributed by atoms with van der Waals surface area (Å²) in [6, 6.07) is 12.7. The second-order valence-corrected chi connectivity index (χ2v) is 8.86. The van der Waals surface area contributed by atoms with Gasteiger partial charge in [0, 0.05) is 29.2 Å². The Bertz CT molecular complexity index is 1340. The lowest BCUT2D eigenvalue weighted by Gasteiger charge is -2.24. The number of aromatic nitrogens is 3. The normalized spacial score (nSPS) is 11.7. The molecule has 11 heteroatoms. The van der Waals surface area contributed by atoms with E-state index in [4.69, 9.17) is 16.7 Å². The molecular formula is C23H18ClF3N4O2S. The zero-order valence-corrected chi connectivity index (χ0v) is 19.3. The molecule has 34 heavy (non-hydrogen) atoms. The molecular weight excluding hydrogens is 489 g/mol. The molecule has 2 aromatic heterocycles. The number of hydrogen-bond acceptors (Lipinski definition) is 5. The van der Waals surface area contributed by atoms with Gasteiger partial charge in [0.05, 0.1) is 28.2 Å². The molecule has 6 nitrogen and oxygen atoms in total. The standard InChI is InChI=1S/C23H18ClF3N4O2S/c1-2-30-13-16-9-14(3-8-20(16)29-30)12-31(34-18-6-4-15(5-7-18)22(32)33)21-19(24)10-17(11-28-21)23(25,26)27/h3-11,13H,2,12H2,1H3,(H,32,33). The molecule has 0 saturated carbocycles. The molecule has 4 aromatic rings. The summed E-state index contributed by atoms with van der Waals surface area (Å²) in [6.45, 7) is 2.99. The van der Waals surface area contributed by atoms with Crippen LogP contribution in [0.4, 0.5) is 19.0 Å². The molecule has 0 aliphatic heterocycles. The number of nitrogens with zero attached hydrogens (tertiary/aromatic N) is 4. The summed E-state index contributed by atoms with van der Waals surface area (Å²) in [5.41, 5.74) is 0.890. The second kappa shape index (κ2) is 9.55. The number of carboxylic acids is 1. The van der Waals surface area contributed by atoms with Crippen LogP contribution in [-0.2, 0) is 19.3 Å². The zero-order valence-electron chi connectivity index (χ0n) is 17.8. The molecule has 0 radical (unpaired) electrons. The number of aromatic carboxylic acids is 1. The predicted octanol–water partition coefficient (Wildman–Crippen LogP) is 6.54. The molecule has 0 unspecified atom stereocenters. The smallest absolute Gasteiger partial charge is 0.417 e. The van der Waals surface area contributed by atoms with E-state index in [2.05, 4.69) is 10.1 Å². The van der Waals surface area contributed by atoms with Crippen molar-refractivity contribution >= 4 is 46.2 Å². The highest BCUT2D eigenvalue weighted by atomic mass is 35.5. The van der Waals surface area contributed by atoms with E-state index in [1.54, 1.807) is 16.4 Å². The first-order chi connectivity index (χ1) is 16.1. The van der Waals surface area contributed by atoms with Crippen molar-refractivity contribution in [3.05, 3.63) is 82.6 Å². The Kier molecular flexibility index (Phi) is 6.72. The zero-order chi connectivity index (χ0) is 24.5. The summed E-state index contributed by atoms with van der Waals surface area (Å²) >= 11 is 7.43. The van der Waals surface area contributed by atoms with Crippen molar-refractivity contribution in [1.82, 2.24) is 14.8 Å². The largest absolute Gasteiger partial charge is 0.478 e. The first kappa shape index (κ1) is 23.9. The highest BCUT2D eigenvalue weighted by molar-refractivity contribution is 8.00. The maximum Gasteiger partial charge on any atom is 0.417 e. The van der Waals surface area contributed by atoms with Gasteiger partial charge in [0.15, 0.2) is 5.82 Å². The minimum atomic E-state index is -4.57. The van der Waals surface area contributed by atoms with Gasteiger partial charge in [0.25, 0.3) is 0 Å². The first-order valence-corrected chi connectivity index (χ1v) is 11.3. The lowest BCUT2D eigenvalue weighted by Crippen LogP contribution is -2.17. The first-order valence-electron chi connectivity index (χ1n) is 10.1. The molecule has 0 aliphatic rings. The van der Waals surface area contributed by atoms with Gasteiger partial charge in [0.2, 0.25) is 0 Å². The molecule has 0 atom stereocenters. The number of aryl methyl sites for hydroxylation is 1. The van der Waals surface area contributed by atoms with Crippen LogP contribution in [0.3, 0.4) is 0 Å². The quantitative estimate of drug-likeness (QED) is 0.287. The highest BCUT2D eigenvalue weighted by Gasteiger charge is 2.32.